The van der Waals surface area contributed by atoms with E-state index in [1.807, 2.05) is 0 Å². The van der Waals surface area contributed by atoms with Gasteiger partial charge in [-0.05, 0) is 17.7 Å². The summed E-state index contributed by atoms with van der Waals surface area (Å²) in [5, 5.41) is 20.7. The van der Waals surface area contributed by atoms with Gasteiger partial charge in [0.1, 0.15) is 6.10 Å². The molecule has 2 atom stereocenters. The Labute approximate surface area is 109 Å². The van der Waals surface area contributed by atoms with E-state index in [9.17, 15) is 10.2 Å². The molecule has 0 aliphatic rings. The van der Waals surface area contributed by atoms with Gasteiger partial charge in [0.05, 0.1) is 22.5 Å². The average molecular weight is 272 g/mol. The second kappa shape index (κ2) is 5.19. The maximum atomic E-state index is 9.82. The van der Waals surface area contributed by atoms with Gasteiger partial charge in [0, 0.05) is 11.6 Å². The van der Waals surface area contributed by atoms with E-state index in [2.05, 4.69) is 4.98 Å². The monoisotopic (exact) mass is 271 g/mol. The molecule has 0 aliphatic heterocycles. The predicted octanol–water partition coefficient (Wildman–Crippen LogP) is 2.52. The van der Waals surface area contributed by atoms with E-state index < -0.39 is 12.2 Å². The summed E-state index contributed by atoms with van der Waals surface area (Å²) in [4.78, 5) is 4.16. The number of hydrogen-bond donors (Lipinski definition) is 2. The quantitative estimate of drug-likeness (QED) is 0.844. The van der Waals surface area contributed by atoms with Gasteiger partial charge in [-0.15, -0.1) is 11.6 Å². The zero-order valence-corrected chi connectivity index (χ0v) is 10.4. The summed E-state index contributed by atoms with van der Waals surface area (Å²) in [6.45, 7) is 0. The van der Waals surface area contributed by atoms with Gasteiger partial charge in [0.2, 0.25) is 0 Å². The smallest absolute Gasteiger partial charge is 0.106 e. The third kappa shape index (κ3) is 2.53. The Bertz CT molecular complexity index is 533. The normalized spacial score (nSPS) is 14.8. The molecule has 0 radical (unpaired) electrons. The molecule has 2 N–H and O–H groups in total. The molecule has 1 aromatic heterocycles. The van der Waals surface area contributed by atoms with Gasteiger partial charge in [0.15, 0.2) is 0 Å². The van der Waals surface area contributed by atoms with Crippen LogP contribution in [0.3, 0.4) is 0 Å². The van der Waals surface area contributed by atoms with Crippen LogP contribution in [0.2, 0.25) is 5.02 Å². The number of aliphatic hydroxyl groups is 2. The van der Waals surface area contributed by atoms with Gasteiger partial charge in [-0.25, -0.2) is 0 Å². The summed E-state index contributed by atoms with van der Waals surface area (Å²) in [5.74, 6) is -0.0256. The number of pyridine rings is 1. The largest absolute Gasteiger partial charge is 0.389 e. The van der Waals surface area contributed by atoms with Gasteiger partial charge in [-0.3, -0.25) is 4.98 Å². The highest BCUT2D eigenvalue weighted by atomic mass is 35.5. The fourth-order valence-corrected chi connectivity index (χ4v) is 2.01. The first-order valence-corrected chi connectivity index (χ1v) is 6.01. The van der Waals surface area contributed by atoms with E-state index in [0.29, 0.717) is 16.1 Å². The van der Waals surface area contributed by atoms with Crippen molar-refractivity contribution >= 4 is 34.1 Å². The standard InChI is InChI=1S/C12H11Cl2NO2/c13-6-11(16)12(17)7-1-2-8-9(14)3-4-15-10(8)5-7/h1-5,11-12,16-17H,6H2. The third-order valence-corrected chi connectivity index (χ3v) is 3.22. The van der Waals surface area contributed by atoms with E-state index in [4.69, 9.17) is 23.2 Å². The second-order valence-corrected chi connectivity index (χ2v) is 4.45. The van der Waals surface area contributed by atoms with Crippen molar-refractivity contribution in [1.29, 1.82) is 0 Å². The van der Waals surface area contributed by atoms with Crippen LogP contribution in [-0.2, 0) is 0 Å². The van der Waals surface area contributed by atoms with Crippen molar-refractivity contribution in [3.8, 4) is 0 Å². The summed E-state index contributed by atoms with van der Waals surface area (Å²) >= 11 is 11.5. The maximum Gasteiger partial charge on any atom is 0.106 e. The number of aliphatic hydroxyl groups excluding tert-OH is 2. The molecular weight excluding hydrogens is 261 g/mol. The van der Waals surface area contributed by atoms with Crippen LogP contribution >= 0.6 is 23.2 Å². The highest BCUT2D eigenvalue weighted by Crippen LogP contribution is 2.26. The Morgan fingerprint density at radius 3 is 2.71 bits per heavy atom. The second-order valence-electron chi connectivity index (χ2n) is 3.74. The lowest BCUT2D eigenvalue weighted by Gasteiger charge is -2.16. The molecule has 5 heteroatoms. The fraction of sp³-hybridized carbons (Fsp3) is 0.250. The Hall–Kier alpha value is -0.870. The molecule has 0 bridgehead atoms. The van der Waals surface area contributed by atoms with Crippen LogP contribution in [0, 0.1) is 0 Å². The van der Waals surface area contributed by atoms with E-state index >= 15 is 0 Å². The molecule has 1 aromatic carbocycles. The number of benzene rings is 1. The molecule has 0 aliphatic carbocycles. The van der Waals surface area contributed by atoms with Crippen molar-refractivity contribution in [2.24, 2.45) is 0 Å². The molecule has 0 fully saturated rings. The molecule has 3 nitrogen and oxygen atoms in total. The van der Waals surface area contributed by atoms with Crippen molar-refractivity contribution < 1.29 is 10.2 Å². The van der Waals surface area contributed by atoms with Gasteiger partial charge in [0.25, 0.3) is 0 Å². The summed E-state index contributed by atoms with van der Waals surface area (Å²) in [5.41, 5.74) is 1.25. The predicted molar refractivity (Wildman–Crippen MR) is 68.4 cm³/mol. The molecular formula is C12H11Cl2NO2. The van der Waals surface area contributed by atoms with Crippen LogP contribution in [0.1, 0.15) is 11.7 Å². The number of hydrogen-bond acceptors (Lipinski definition) is 3. The SMILES string of the molecule is OC(CCl)C(O)c1ccc2c(Cl)ccnc2c1. The van der Waals surface area contributed by atoms with Gasteiger partial charge >= 0.3 is 0 Å². The Morgan fingerprint density at radius 2 is 2.00 bits per heavy atom. The lowest BCUT2D eigenvalue weighted by Crippen LogP contribution is -2.19. The molecule has 2 aromatic rings. The minimum atomic E-state index is -1.02. The zero-order valence-electron chi connectivity index (χ0n) is 8.85. The summed E-state index contributed by atoms with van der Waals surface area (Å²) in [7, 11) is 0. The molecule has 0 spiro atoms. The number of rotatable bonds is 3. The highest BCUT2D eigenvalue weighted by molar-refractivity contribution is 6.35. The minimum Gasteiger partial charge on any atom is -0.389 e. The number of nitrogens with zero attached hydrogens (tertiary/aromatic N) is 1. The first-order valence-electron chi connectivity index (χ1n) is 5.09. The molecule has 0 amide bonds. The maximum absolute atomic E-state index is 9.82. The average Bonchev–Trinajstić information content (AvgIpc) is 2.37. The van der Waals surface area contributed by atoms with Crippen LogP contribution in [-0.4, -0.2) is 27.2 Å². The van der Waals surface area contributed by atoms with Crippen molar-refractivity contribution in [2.75, 3.05) is 5.88 Å². The Kier molecular flexibility index (Phi) is 3.84. The lowest BCUT2D eigenvalue weighted by molar-refractivity contribution is 0.0328. The van der Waals surface area contributed by atoms with Crippen molar-refractivity contribution in [1.82, 2.24) is 4.98 Å². The molecule has 2 rings (SSSR count). The summed E-state index contributed by atoms with van der Waals surface area (Å²) < 4.78 is 0. The first-order chi connectivity index (χ1) is 8.13. The summed E-state index contributed by atoms with van der Waals surface area (Å²) in [6.07, 6.45) is -0.412. The van der Waals surface area contributed by atoms with Gasteiger partial charge in [-0.1, -0.05) is 23.7 Å². The summed E-state index contributed by atoms with van der Waals surface area (Å²) in [6, 6.07) is 6.87. The zero-order chi connectivity index (χ0) is 12.4. The van der Waals surface area contributed by atoms with Gasteiger partial charge < -0.3 is 10.2 Å². The molecule has 0 saturated heterocycles. The van der Waals surface area contributed by atoms with Crippen LogP contribution in [0.4, 0.5) is 0 Å². The molecule has 17 heavy (non-hydrogen) atoms. The van der Waals surface area contributed by atoms with E-state index in [1.165, 1.54) is 0 Å². The van der Waals surface area contributed by atoms with Crippen LogP contribution in [0.25, 0.3) is 10.9 Å². The third-order valence-electron chi connectivity index (χ3n) is 2.58. The first kappa shape index (κ1) is 12.6. The number of aromatic nitrogens is 1. The van der Waals surface area contributed by atoms with E-state index in [-0.39, 0.29) is 5.88 Å². The number of halogens is 2. The molecule has 1 heterocycles. The van der Waals surface area contributed by atoms with Crippen LogP contribution in [0.5, 0.6) is 0 Å². The fourth-order valence-electron chi connectivity index (χ4n) is 1.62. The number of alkyl halides is 1. The molecule has 2 unspecified atom stereocenters. The topological polar surface area (TPSA) is 53.4 Å². The van der Waals surface area contributed by atoms with Crippen molar-refractivity contribution in [2.45, 2.75) is 12.2 Å². The number of fused-ring (bicyclic) bond motifs is 1. The highest BCUT2D eigenvalue weighted by Gasteiger charge is 2.17. The van der Waals surface area contributed by atoms with Crippen molar-refractivity contribution in [3.63, 3.8) is 0 Å². The molecule has 0 saturated carbocycles. The Morgan fingerprint density at radius 1 is 1.24 bits per heavy atom. The van der Waals surface area contributed by atoms with Crippen LogP contribution < -0.4 is 0 Å². The lowest BCUT2D eigenvalue weighted by atomic mass is 10.0. The molecule has 90 valence electrons. The Balaban J connectivity index is 2.45. The van der Waals surface area contributed by atoms with E-state index in [1.54, 1.807) is 30.5 Å². The van der Waals surface area contributed by atoms with Crippen molar-refractivity contribution in [3.05, 3.63) is 41.0 Å². The van der Waals surface area contributed by atoms with E-state index in [0.717, 1.165) is 5.39 Å². The van der Waals surface area contributed by atoms with Crippen LogP contribution in [0.15, 0.2) is 30.5 Å². The minimum absolute atomic E-state index is 0.0256. The van der Waals surface area contributed by atoms with Gasteiger partial charge in [-0.2, -0.15) is 0 Å².